The highest BCUT2D eigenvalue weighted by molar-refractivity contribution is 7.16. The molecule has 0 radical (unpaired) electrons. The van der Waals surface area contributed by atoms with Crippen molar-refractivity contribution in [1.29, 1.82) is 0 Å². The summed E-state index contributed by atoms with van der Waals surface area (Å²) in [5.74, 6) is -0.158. The molecule has 0 fully saturated rings. The van der Waals surface area contributed by atoms with Gasteiger partial charge in [-0.15, -0.1) is 11.3 Å². The van der Waals surface area contributed by atoms with E-state index < -0.39 is 11.6 Å². The van der Waals surface area contributed by atoms with Crippen LogP contribution in [-0.2, 0) is 22.7 Å². The van der Waals surface area contributed by atoms with Crippen LogP contribution in [0.1, 0.15) is 42.9 Å². The molecule has 0 aliphatic heterocycles. The first kappa shape index (κ1) is 21.0. The standard InChI is InChI=1S/C23H22N2O5S/c1-13(2)17-10-18-15(9-21(27)30-19(18)8-14(17)3)11-29-20(26)4-6-25-12-24-22-16(23(25)28)5-7-31-22/h5,7-10,12-13H,4,6,11H2,1-3H3. The molecule has 8 heteroatoms. The van der Waals surface area contributed by atoms with Gasteiger partial charge in [0.15, 0.2) is 0 Å². The number of hydrogen-bond donors (Lipinski definition) is 0. The van der Waals surface area contributed by atoms with E-state index in [4.69, 9.17) is 9.15 Å². The fourth-order valence-corrected chi connectivity index (χ4v) is 4.35. The summed E-state index contributed by atoms with van der Waals surface area (Å²) >= 11 is 1.40. The molecule has 4 rings (SSSR count). The number of carbonyl (C=O) groups excluding carboxylic acids is 1. The molecular formula is C23H22N2O5S. The quantitative estimate of drug-likeness (QED) is 0.332. The Bertz CT molecular complexity index is 1400. The number of aromatic nitrogens is 2. The summed E-state index contributed by atoms with van der Waals surface area (Å²) in [6.07, 6.45) is 1.47. The molecule has 0 saturated carbocycles. The summed E-state index contributed by atoms with van der Waals surface area (Å²) < 4.78 is 12.1. The number of rotatable bonds is 6. The van der Waals surface area contributed by atoms with E-state index in [9.17, 15) is 14.4 Å². The highest BCUT2D eigenvalue weighted by atomic mass is 32.1. The zero-order valence-electron chi connectivity index (χ0n) is 17.5. The average Bonchev–Trinajstić information content (AvgIpc) is 3.20. The molecule has 160 valence electrons. The Hall–Kier alpha value is -3.26. The Labute approximate surface area is 181 Å². The molecule has 0 N–H and O–H groups in total. The Morgan fingerprint density at radius 2 is 2.03 bits per heavy atom. The third kappa shape index (κ3) is 4.29. The first-order valence-electron chi connectivity index (χ1n) is 9.99. The number of fused-ring (bicyclic) bond motifs is 2. The van der Waals surface area contributed by atoms with Gasteiger partial charge in [-0.1, -0.05) is 13.8 Å². The van der Waals surface area contributed by atoms with Crippen molar-refractivity contribution in [2.45, 2.75) is 46.3 Å². The number of ether oxygens (including phenoxy) is 1. The summed E-state index contributed by atoms with van der Waals surface area (Å²) in [5, 5.41) is 3.11. The normalized spacial score (nSPS) is 11.5. The maximum Gasteiger partial charge on any atom is 0.336 e. The number of carbonyl (C=O) groups is 1. The Morgan fingerprint density at radius 3 is 2.81 bits per heavy atom. The van der Waals surface area contributed by atoms with Crippen LogP contribution in [0.25, 0.3) is 21.2 Å². The van der Waals surface area contributed by atoms with E-state index in [0.717, 1.165) is 16.5 Å². The number of aryl methyl sites for hydroxylation is 2. The van der Waals surface area contributed by atoms with Crippen molar-refractivity contribution < 1.29 is 13.9 Å². The van der Waals surface area contributed by atoms with Crippen LogP contribution >= 0.6 is 11.3 Å². The molecular weight excluding hydrogens is 416 g/mol. The zero-order chi connectivity index (χ0) is 22.1. The minimum atomic E-state index is -0.489. The molecule has 7 nitrogen and oxygen atoms in total. The molecule has 0 spiro atoms. The molecule has 0 amide bonds. The molecule has 1 aromatic carbocycles. The minimum Gasteiger partial charge on any atom is -0.461 e. The first-order valence-corrected chi connectivity index (χ1v) is 10.9. The van der Waals surface area contributed by atoms with Gasteiger partial charge in [0.25, 0.3) is 5.56 Å². The highest BCUT2D eigenvalue weighted by Crippen LogP contribution is 2.27. The number of benzene rings is 1. The predicted octanol–water partition coefficient (Wildman–Crippen LogP) is 4.13. The van der Waals surface area contributed by atoms with Crippen LogP contribution in [-0.4, -0.2) is 15.5 Å². The van der Waals surface area contributed by atoms with Crippen molar-refractivity contribution in [2.24, 2.45) is 0 Å². The largest absolute Gasteiger partial charge is 0.461 e. The van der Waals surface area contributed by atoms with E-state index in [0.29, 0.717) is 27.3 Å². The van der Waals surface area contributed by atoms with E-state index >= 15 is 0 Å². The van der Waals surface area contributed by atoms with E-state index in [1.807, 2.05) is 24.4 Å². The molecule has 3 aromatic heterocycles. The van der Waals surface area contributed by atoms with Gasteiger partial charge < -0.3 is 9.15 Å². The van der Waals surface area contributed by atoms with Gasteiger partial charge in [-0.25, -0.2) is 9.78 Å². The lowest BCUT2D eigenvalue weighted by Crippen LogP contribution is -2.22. The van der Waals surface area contributed by atoms with Crippen molar-refractivity contribution in [1.82, 2.24) is 9.55 Å². The van der Waals surface area contributed by atoms with Crippen molar-refractivity contribution in [3.8, 4) is 0 Å². The third-order valence-electron chi connectivity index (χ3n) is 5.23. The number of esters is 1. The first-order chi connectivity index (χ1) is 14.8. The number of thiophene rings is 1. The number of nitrogens with zero attached hydrogens (tertiary/aromatic N) is 2. The van der Waals surface area contributed by atoms with Gasteiger partial charge in [0.2, 0.25) is 0 Å². The summed E-state index contributed by atoms with van der Waals surface area (Å²) in [5.41, 5.74) is 2.59. The predicted molar refractivity (Wildman–Crippen MR) is 120 cm³/mol. The molecule has 0 bridgehead atoms. The van der Waals surface area contributed by atoms with Crippen LogP contribution in [0, 0.1) is 6.92 Å². The van der Waals surface area contributed by atoms with Crippen molar-refractivity contribution in [2.75, 3.05) is 0 Å². The van der Waals surface area contributed by atoms with Gasteiger partial charge in [0.05, 0.1) is 18.1 Å². The summed E-state index contributed by atoms with van der Waals surface area (Å²) in [6.45, 7) is 6.29. The summed E-state index contributed by atoms with van der Waals surface area (Å²) in [7, 11) is 0. The minimum absolute atomic E-state index is 0.0208. The second-order valence-corrected chi connectivity index (χ2v) is 8.64. The second kappa shape index (κ2) is 8.47. The summed E-state index contributed by atoms with van der Waals surface area (Å²) in [6, 6.07) is 6.91. The van der Waals surface area contributed by atoms with E-state index in [-0.39, 0.29) is 25.1 Å². The molecule has 0 unspecified atom stereocenters. The van der Waals surface area contributed by atoms with Gasteiger partial charge in [-0.2, -0.15) is 0 Å². The fourth-order valence-electron chi connectivity index (χ4n) is 3.63. The van der Waals surface area contributed by atoms with Crippen LogP contribution in [0.15, 0.2) is 50.0 Å². The van der Waals surface area contributed by atoms with Crippen molar-refractivity contribution >= 4 is 38.5 Å². The molecule has 31 heavy (non-hydrogen) atoms. The molecule has 0 aliphatic rings. The van der Waals surface area contributed by atoms with Crippen molar-refractivity contribution in [3.63, 3.8) is 0 Å². The summed E-state index contributed by atoms with van der Waals surface area (Å²) in [4.78, 5) is 41.6. The van der Waals surface area contributed by atoms with Crippen LogP contribution < -0.4 is 11.2 Å². The van der Waals surface area contributed by atoms with E-state index in [1.165, 1.54) is 28.3 Å². The van der Waals surface area contributed by atoms with Crippen LogP contribution in [0.3, 0.4) is 0 Å². The zero-order valence-corrected chi connectivity index (χ0v) is 18.3. The monoisotopic (exact) mass is 438 g/mol. The smallest absolute Gasteiger partial charge is 0.336 e. The average molecular weight is 439 g/mol. The molecule has 0 saturated heterocycles. The van der Waals surface area contributed by atoms with Gasteiger partial charge in [-0.3, -0.25) is 14.2 Å². The Kier molecular flexibility index (Phi) is 5.73. The van der Waals surface area contributed by atoms with Gasteiger partial charge >= 0.3 is 11.6 Å². The number of hydrogen-bond acceptors (Lipinski definition) is 7. The molecule has 4 aromatic rings. The lowest BCUT2D eigenvalue weighted by atomic mass is 9.95. The highest BCUT2D eigenvalue weighted by Gasteiger charge is 2.13. The Balaban J connectivity index is 1.49. The SMILES string of the molecule is Cc1cc2oc(=O)cc(COC(=O)CCn3cnc4sccc4c3=O)c2cc1C(C)C. The van der Waals surface area contributed by atoms with Crippen LogP contribution in [0.2, 0.25) is 0 Å². The maximum atomic E-state index is 12.4. The molecule has 3 heterocycles. The third-order valence-corrected chi connectivity index (χ3v) is 6.06. The van der Waals surface area contributed by atoms with Gasteiger partial charge in [0, 0.05) is 23.6 Å². The topological polar surface area (TPSA) is 91.4 Å². The van der Waals surface area contributed by atoms with E-state index in [1.54, 1.807) is 6.07 Å². The van der Waals surface area contributed by atoms with Gasteiger partial charge in [0.1, 0.15) is 17.0 Å². The lowest BCUT2D eigenvalue weighted by molar-refractivity contribution is -0.145. The van der Waals surface area contributed by atoms with Crippen LogP contribution in [0.5, 0.6) is 0 Å². The fraction of sp³-hybridized carbons (Fsp3) is 0.304. The molecule has 0 atom stereocenters. The van der Waals surface area contributed by atoms with E-state index in [2.05, 4.69) is 18.8 Å². The molecule has 0 aliphatic carbocycles. The lowest BCUT2D eigenvalue weighted by Gasteiger charge is -2.13. The second-order valence-electron chi connectivity index (χ2n) is 7.74. The Morgan fingerprint density at radius 1 is 1.23 bits per heavy atom. The maximum absolute atomic E-state index is 12.4. The van der Waals surface area contributed by atoms with Crippen molar-refractivity contribution in [3.05, 3.63) is 73.4 Å². The van der Waals surface area contributed by atoms with Gasteiger partial charge in [-0.05, 0) is 47.5 Å². The van der Waals surface area contributed by atoms with Crippen LogP contribution in [0.4, 0.5) is 0 Å².